The van der Waals surface area contributed by atoms with E-state index in [1.54, 1.807) is 42.9 Å². The van der Waals surface area contributed by atoms with Crippen LogP contribution < -0.4 is 10.5 Å². The van der Waals surface area contributed by atoms with Crippen molar-refractivity contribution < 1.29 is 14.2 Å². The highest BCUT2D eigenvalue weighted by Gasteiger charge is 2.31. The van der Waals surface area contributed by atoms with Crippen molar-refractivity contribution in [3.05, 3.63) is 92.6 Å². The number of pyridine rings is 1. The van der Waals surface area contributed by atoms with E-state index >= 15 is 0 Å². The highest BCUT2D eigenvalue weighted by Crippen LogP contribution is 2.34. The van der Waals surface area contributed by atoms with Gasteiger partial charge in [-0.3, -0.25) is 9.69 Å². The molecule has 1 N–H and O–H groups in total. The molecule has 0 spiro atoms. The number of rotatable bonds is 7. The minimum atomic E-state index is -0.462. The lowest BCUT2D eigenvalue weighted by atomic mass is 9.96. The van der Waals surface area contributed by atoms with Crippen LogP contribution in [0.1, 0.15) is 22.9 Å². The van der Waals surface area contributed by atoms with Crippen molar-refractivity contribution in [1.29, 1.82) is 0 Å². The number of halogens is 2. The lowest BCUT2D eigenvalue weighted by Gasteiger charge is -2.40. The summed E-state index contributed by atoms with van der Waals surface area (Å²) in [6, 6.07) is 15.1. The van der Waals surface area contributed by atoms with Gasteiger partial charge in [0.05, 0.1) is 18.2 Å². The zero-order valence-corrected chi connectivity index (χ0v) is 20.1. The standard InChI is InChI=1S/C26H29ClFN3O3/c1-18-16-23(32)24(26(33)31(18)14-15-34-2)25(19-4-3-5-20(27)17-19)30-12-10-29(11-13-30)22-8-6-21(28)7-9-22/h3-9,16-17,25,32H,10-15H2,1-2H3. The first-order chi connectivity index (χ1) is 16.4. The molecule has 0 saturated carbocycles. The van der Waals surface area contributed by atoms with Crippen LogP contribution in [0.2, 0.25) is 5.02 Å². The van der Waals surface area contributed by atoms with Gasteiger partial charge in [0, 0.05) is 56.2 Å². The molecule has 1 unspecified atom stereocenters. The van der Waals surface area contributed by atoms with Crippen molar-refractivity contribution in [1.82, 2.24) is 9.47 Å². The molecule has 2 aromatic carbocycles. The van der Waals surface area contributed by atoms with Gasteiger partial charge in [-0.1, -0.05) is 23.7 Å². The van der Waals surface area contributed by atoms with Gasteiger partial charge in [0.25, 0.3) is 5.56 Å². The molecular weight excluding hydrogens is 457 g/mol. The molecule has 1 atom stereocenters. The van der Waals surface area contributed by atoms with Crippen LogP contribution in [-0.2, 0) is 11.3 Å². The number of ether oxygens (including phenoxy) is 1. The third-order valence-corrected chi connectivity index (χ3v) is 6.59. The second kappa shape index (κ2) is 10.6. The Morgan fingerprint density at radius 2 is 1.79 bits per heavy atom. The van der Waals surface area contributed by atoms with Gasteiger partial charge in [0.1, 0.15) is 11.6 Å². The predicted molar refractivity (Wildman–Crippen MR) is 132 cm³/mol. The van der Waals surface area contributed by atoms with E-state index in [0.717, 1.165) is 11.3 Å². The fraction of sp³-hybridized carbons (Fsp3) is 0.346. The summed E-state index contributed by atoms with van der Waals surface area (Å²) in [6.45, 7) is 5.30. The molecule has 0 bridgehead atoms. The Morgan fingerprint density at radius 3 is 2.44 bits per heavy atom. The maximum atomic E-state index is 13.6. The second-order valence-corrected chi connectivity index (χ2v) is 8.93. The summed E-state index contributed by atoms with van der Waals surface area (Å²) in [5.41, 5.74) is 2.58. The van der Waals surface area contributed by atoms with Gasteiger partial charge in [-0.05, 0) is 55.0 Å². The molecule has 0 radical (unpaired) electrons. The number of aromatic hydroxyl groups is 1. The zero-order valence-electron chi connectivity index (χ0n) is 19.4. The van der Waals surface area contributed by atoms with Crippen LogP contribution in [-0.4, -0.2) is 54.5 Å². The average Bonchev–Trinajstić information content (AvgIpc) is 2.82. The highest BCUT2D eigenvalue weighted by molar-refractivity contribution is 6.30. The van der Waals surface area contributed by atoms with E-state index in [0.29, 0.717) is 55.6 Å². The van der Waals surface area contributed by atoms with Crippen molar-refractivity contribution in [3.8, 4) is 5.75 Å². The van der Waals surface area contributed by atoms with Gasteiger partial charge in [-0.15, -0.1) is 0 Å². The van der Waals surface area contributed by atoms with Crippen LogP contribution >= 0.6 is 11.6 Å². The quantitative estimate of drug-likeness (QED) is 0.543. The van der Waals surface area contributed by atoms with E-state index in [1.807, 2.05) is 18.2 Å². The molecule has 1 fully saturated rings. The molecule has 3 aromatic rings. The van der Waals surface area contributed by atoms with Crippen molar-refractivity contribution in [2.24, 2.45) is 0 Å². The third-order valence-electron chi connectivity index (χ3n) is 6.35. The Labute approximate surface area is 203 Å². The average molecular weight is 486 g/mol. The normalized spacial score (nSPS) is 15.5. The molecule has 1 aliphatic rings. The van der Waals surface area contributed by atoms with E-state index in [-0.39, 0.29) is 17.1 Å². The predicted octanol–water partition coefficient (Wildman–Crippen LogP) is 4.21. The van der Waals surface area contributed by atoms with Crippen LogP contribution in [0.5, 0.6) is 5.75 Å². The smallest absolute Gasteiger partial charge is 0.259 e. The Hall–Kier alpha value is -2.87. The molecule has 6 nitrogen and oxygen atoms in total. The van der Waals surface area contributed by atoms with E-state index in [9.17, 15) is 14.3 Å². The summed E-state index contributed by atoms with van der Waals surface area (Å²) in [7, 11) is 1.59. The summed E-state index contributed by atoms with van der Waals surface area (Å²) in [4.78, 5) is 18.0. The third kappa shape index (κ3) is 5.12. The molecule has 1 aromatic heterocycles. The molecular formula is C26H29ClFN3O3. The second-order valence-electron chi connectivity index (χ2n) is 8.49. The number of hydrogen-bond acceptors (Lipinski definition) is 5. The van der Waals surface area contributed by atoms with Gasteiger partial charge in [0.2, 0.25) is 0 Å². The highest BCUT2D eigenvalue weighted by atomic mass is 35.5. The van der Waals surface area contributed by atoms with Gasteiger partial charge in [-0.25, -0.2) is 4.39 Å². The molecule has 0 aliphatic carbocycles. The molecule has 1 aliphatic heterocycles. The fourth-order valence-corrected chi connectivity index (χ4v) is 4.81. The van der Waals surface area contributed by atoms with Crippen molar-refractivity contribution in [3.63, 3.8) is 0 Å². The van der Waals surface area contributed by atoms with Crippen molar-refractivity contribution in [2.75, 3.05) is 44.8 Å². The molecule has 180 valence electrons. The number of methoxy groups -OCH3 is 1. The van der Waals surface area contributed by atoms with E-state index in [2.05, 4.69) is 9.80 Å². The maximum absolute atomic E-state index is 13.6. The first-order valence-corrected chi connectivity index (χ1v) is 11.7. The summed E-state index contributed by atoms with van der Waals surface area (Å²) in [5.74, 6) is -0.287. The largest absolute Gasteiger partial charge is 0.507 e. The minimum Gasteiger partial charge on any atom is -0.507 e. The maximum Gasteiger partial charge on any atom is 0.259 e. The van der Waals surface area contributed by atoms with Crippen molar-refractivity contribution in [2.45, 2.75) is 19.5 Å². The van der Waals surface area contributed by atoms with Crippen molar-refractivity contribution >= 4 is 17.3 Å². The van der Waals surface area contributed by atoms with Gasteiger partial charge < -0.3 is 19.3 Å². The van der Waals surface area contributed by atoms with Crippen LogP contribution in [0, 0.1) is 12.7 Å². The minimum absolute atomic E-state index is 0.0258. The Balaban J connectivity index is 1.71. The Bertz CT molecular complexity index is 1190. The van der Waals surface area contributed by atoms with Gasteiger partial charge >= 0.3 is 0 Å². The Morgan fingerprint density at radius 1 is 1.09 bits per heavy atom. The Kier molecular flexibility index (Phi) is 7.56. The molecule has 4 rings (SSSR count). The zero-order chi connectivity index (χ0) is 24.2. The molecule has 2 heterocycles. The SMILES string of the molecule is COCCn1c(C)cc(O)c(C(c2cccc(Cl)c2)N2CCN(c3ccc(F)cc3)CC2)c1=O. The van der Waals surface area contributed by atoms with Gasteiger partial charge in [0.15, 0.2) is 0 Å². The summed E-state index contributed by atoms with van der Waals surface area (Å²) >= 11 is 6.32. The van der Waals surface area contributed by atoms with E-state index < -0.39 is 6.04 Å². The molecule has 0 amide bonds. The molecule has 8 heteroatoms. The number of hydrogen-bond donors (Lipinski definition) is 1. The molecule has 34 heavy (non-hydrogen) atoms. The summed E-state index contributed by atoms with van der Waals surface area (Å²) in [5, 5.41) is 11.5. The monoisotopic (exact) mass is 485 g/mol. The summed E-state index contributed by atoms with van der Waals surface area (Å²) in [6.07, 6.45) is 0. The van der Waals surface area contributed by atoms with Crippen LogP contribution in [0.15, 0.2) is 59.4 Å². The van der Waals surface area contributed by atoms with Gasteiger partial charge in [-0.2, -0.15) is 0 Å². The molecule has 1 saturated heterocycles. The lowest BCUT2D eigenvalue weighted by Crippen LogP contribution is -2.49. The topological polar surface area (TPSA) is 57.9 Å². The number of anilines is 1. The van der Waals surface area contributed by atoms with Crippen LogP contribution in [0.4, 0.5) is 10.1 Å². The lowest BCUT2D eigenvalue weighted by molar-refractivity contribution is 0.183. The number of aryl methyl sites for hydroxylation is 1. The first kappa shape index (κ1) is 24.3. The first-order valence-electron chi connectivity index (χ1n) is 11.3. The summed E-state index contributed by atoms with van der Waals surface area (Å²) < 4.78 is 20.2. The fourth-order valence-electron chi connectivity index (χ4n) is 4.61. The van der Waals surface area contributed by atoms with E-state index in [4.69, 9.17) is 16.3 Å². The van der Waals surface area contributed by atoms with E-state index in [1.165, 1.54) is 12.1 Å². The van der Waals surface area contributed by atoms with Crippen LogP contribution in [0.25, 0.3) is 0 Å². The number of benzene rings is 2. The number of aromatic nitrogens is 1. The number of nitrogens with zero attached hydrogens (tertiary/aromatic N) is 3. The van der Waals surface area contributed by atoms with Crippen LogP contribution in [0.3, 0.4) is 0 Å². The number of piperazine rings is 1.